The van der Waals surface area contributed by atoms with E-state index in [9.17, 15) is 0 Å². The third-order valence-corrected chi connectivity index (χ3v) is 8.52. The lowest BCUT2D eigenvalue weighted by atomic mass is 9.87. The highest BCUT2D eigenvalue weighted by Crippen LogP contribution is 2.42. The standard InChI is InChI=1S/C33H26ClN3/c1-33(2,3)22-13-15-25-28(18-22)36-26-16-11-20-8-9-21-12-17-27(30(26)29(20)21)37(32(36)35-25)31-23-7-5-4-6-19(23)10-14-24(31)34/h4-7,10-18H,8-9H2,1-3H3. The number of rotatable bonds is 1. The van der Waals surface area contributed by atoms with E-state index in [1.807, 2.05) is 6.07 Å². The fourth-order valence-electron chi connectivity index (χ4n) is 6.37. The molecule has 7 aromatic rings. The maximum absolute atomic E-state index is 7.04. The van der Waals surface area contributed by atoms with Crippen molar-refractivity contribution in [3.8, 4) is 5.69 Å². The number of nitrogens with zero attached hydrogens (tertiary/aromatic N) is 3. The van der Waals surface area contributed by atoms with Gasteiger partial charge in [-0.15, -0.1) is 0 Å². The van der Waals surface area contributed by atoms with Crippen molar-refractivity contribution in [1.29, 1.82) is 0 Å². The van der Waals surface area contributed by atoms with Crippen LogP contribution >= 0.6 is 11.6 Å². The molecule has 0 saturated carbocycles. The molecule has 0 saturated heterocycles. The predicted octanol–water partition coefficient (Wildman–Crippen LogP) is 8.79. The number of aromatic nitrogens is 3. The summed E-state index contributed by atoms with van der Waals surface area (Å²) < 4.78 is 4.66. The normalized spacial score (nSPS) is 13.7. The number of halogens is 1. The average molecular weight is 500 g/mol. The fraction of sp³-hybridized carbons (Fsp3) is 0.182. The average Bonchev–Trinajstić information content (AvgIpc) is 3.49. The molecule has 0 amide bonds. The van der Waals surface area contributed by atoms with Gasteiger partial charge in [0.25, 0.3) is 0 Å². The van der Waals surface area contributed by atoms with Crippen LogP contribution < -0.4 is 0 Å². The quantitative estimate of drug-likeness (QED) is 0.221. The van der Waals surface area contributed by atoms with Crippen LogP contribution in [0.25, 0.3) is 55.1 Å². The van der Waals surface area contributed by atoms with Gasteiger partial charge < -0.3 is 0 Å². The molecule has 0 unspecified atom stereocenters. The van der Waals surface area contributed by atoms with Crippen molar-refractivity contribution < 1.29 is 0 Å². The first-order chi connectivity index (χ1) is 17.9. The highest BCUT2D eigenvalue weighted by Gasteiger charge is 2.25. The molecule has 180 valence electrons. The third-order valence-electron chi connectivity index (χ3n) is 8.21. The van der Waals surface area contributed by atoms with Gasteiger partial charge in [0.05, 0.1) is 32.8 Å². The molecule has 2 aromatic heterocycles. The van der Waals surface area contributed by atoms with E-state index in [4.69, 9.17) is 16.6 Å². The molecular formula is C33H26ClN3. The minimum absolute atomic E-state index is 0.0410. The molecular weight excluding hydrogens is 474 g/mol. The van der Waals surface area contributed by atoms with Crippen LogP contribution in [-0.4, -0.2) is 14.0 Å². The van der Waals surface area contributed by atoms with E-state index >= 15 is 0 Å². The maximum Gasteiger partial charge on any atom is 0.220 e. The van der Waals surface area contributed by atoms with Gasteiger partial charge in [-0.1, -0.05) is 80.9 Å². The van der Waals surface area contributed by atoms with Crippen molar-refractivity contribution in [2.45, 2.75) is 39.0 Å². The van der Waals surface area contributed by atoms with E-state index in [2.05, 4.69) is 103 Å². The number of imidazole rings is 1. The second-order valence-corrected chi connectivity index (χ2v) is 11.8. The minimum Gasteiger partial charge on any atom is -0.277 e. The Labute approximate surface area is 219 Å². The van der Waals surface area contributed by atoms with Crippen LogP contribution in [0.1, 0.15) is 37.5 Å². The van der Waals surface area contributed by atoms with Crippen LogP contribution in [0.15, 0.2) is 78.9 Å². The Hall–Kier alpha value is -3.82. The molecule has 0 aliphatic heterocycles. The zero-order valence-corrected chi connectivity index (χ0v) is 21.9. The monoisotopic (exact) mass is 499 g/mol. The van der Waals surface area contributed by atoms with Crippen LogP contribution in [0.5, 0.6) is 0 Å². The Kier molecular flexibility index (Phi) is 4.11. The fourth-order valence-corrected chi connectivity index (χ4v) is 6.62. The second-order valence-electron chi connectivity index (χ2n) is 11.4. The summed E-state index contributed by atoms with van der Waals surface area (Å²) >= 11 is 7.04. The van der Waals surface area contributed by atoms with Gasteiger partial charge >= 0.3 is 0 Å². The zero-order valence-electron chi connectivity index (χ0n) is 21.1. The van der Waals surface area contributed by atoms with Crippen LogP contribution in [0.3, 0.4) is 0 Å². The summed E-state index contributed by atoms with van der Waals surface area (Å²) in [5.74, 6) is 0.882. The minimum atomic E-state index is 0.0410. The van der Waals surface area contributed by atoms with E-state index in [-0.39, 0.29) is 5.41 Å². The lowest BCUT2D eigenvalue weighted by molar-refractivity contribution is 0.591. The van der Waals surface area contributed by atoms with Gasteiger partial charge in [0, 0.05) is 10.8 Å². The van der Waals surface area contributed by atoms with Crippen molar-refractivity contribution in [3.63, 3.8) is 0 Å². The molecule has 1 aliphatic carbocycles. The van der Waals surface area contributed by atoms with Gasteiger partial charge in [0.2, 0.25) is 5.78 Å². The lowest BCUT2D eigenvalue weighted by Gasteiger charge is -2.21. The number of benzene rings is 5. The van der Waals surface area contributed by atoms with Gasteiger partial charge in [0.1, 0.15) is 0 Å². The molecule has 4 heteroatoms. The maximum atomic E-state index is 7.04. The topological polar surface area (TPSA) is 22.2 Å². The summed E-state index contributed by atoms with van der Waals surface area (Å²) in [7, 11) is 0. The van der Waals surface area contributed by atoms with Crippen LogP contribution in [0, 0.1) is 0 Å². The number of fused-ring (bicyclic) bond motifs is 5. The molecule has 8 rings (SSSR count). The Bertz CT molecular complexity index is 2080. The van der Waals surface area contributed by atoms with Crippen molar-refractivity contribution >= 4 is 61.0 Å². The van der Waals surface area contributed by atoms with Crippen LogP contribution in [-0.2, 0) is 18.3 Å². The smallest absolute Gasteiger partial charge is 0.220 e. The molecule has 0 spiro atoms. The van der Waals surface area contributed by atoms with Crippen molar-refractivity contribution in [2.75, 3.05) is 0 Å². The third kappa shape index (κ3) is 2.81. The molecule has 3 nitrogen and oxygen atoms in total. The predicted molar refractivity (Wildman–Crippen MR) is 156 cm³/mol. The van der Waals surface area contributed by atoms with Crippen LogP contribution in [0.4, 0.5) is 0 Å². The van der Waals surface area contributed by atoms with Crippen LogP contribution in [0.2, 0.25) is 5.02 Å². The van der Waals surface area contributed by atoms with E-state index < -0.39 is 0 Å². The first kappa shape index (κ1) is 21.3. The largest absolute Gasteiger partial charge is 0.277 e. The SMILES string of the molecule is CC(C)(C)c1ccc2nc3n(-c4c(Cl)ccc5ccccc45)c4ccc5c6c(ccc(c64)n3c2c1)CC5. The molecule has 0 atom stereocenters. The van der Waals surface area contributed by atoms with Gasteiger partial charge in [-0.05, 0) is 76.1 Å². The highest BCUT2D eigenvalue weighted by molar-refractivity contribution is 6.34. The van der Waals surface area contributed by atoms with E-state index in [0.717, 1.165) is 56.7 Å². The summed E-state index contributed by atoms with van der Waals surface area (Å²) in [5.41, 5.74) is 9.66. The van der Waals surface area contributed by atoms with E-state index in [1.54, 1.807) is 0 Å². The molecule has 0 fully saturated rings. The van der Waals surface area contributed by atoms with Gasteiger partial charge in [-0.25, -0.2) is 4.98 Å². The first-order valence-corrected chi connectivity index (χ1v) is 13.4. The molecule has 0 radical (unpaired) electrons. The van der Waals surface area contributed by atoms with Crippen molar-refractivity contribution in [3.05, 3.63) is 101 Å². The molecule has 2 heterocycles. The highest BCUT2D eigenvalue weighted by atomic mass is 35.5. The number of hydrogen-bond acceptors (Lipinski definition) is 1. The molecule has 0 N–H and O–H groups in total. The Morgan fingerprint density at radius 1 is 0.757 bits per heavy atom. The Morgan fingerprint density at radius 3 is 2.30 bits per heavy atom. The van der Waals surface area contributed by atoms with Crippen molar-refractivity contribution in [2.24, 2.45) is 0 Å². The first-order valence-electron chi connectivity index (χ1n) is 13.0. The summed E-state index contributed by atoms with van der Waals surface area (Å²) in [6, 6.07) is 28.5. The summed E-state index contributed by atoms with van der Waals surface area (Å²) in [5, 5.41) is 5.70. The van der Waals surface area contributed by atoms with Gasteiger partial charge in [-0.2, -0.15) is 0 Å². The molecule has 1 aliphatic rings. The summed E-state index contributed by atoms with van der Waals surface area (Å²) in [6.45, 7) is 6.79. The lowest BCUT2D eigenvalue weighted by Crippen LogP contribution is -2.11. The van der Waals surface area contributed by atoms with Gasteiger partial charge in [0.15, 0.2) is 0 Å². The van der Waals surface area contributed by atoms with Crippen molar-refractivity contribution in [1.82, 2.24) is 14.0 Å². The Morgan fingerprint density at radius 2 is 1.51 bits per heavy atom. The van der Waals surface area contributed by atoms with E-state index in [0.29, 0.717) is 0 Å². The summed E-state index contributed by atoms with van der Waals surface area (Å²) in [6.07, 6.45) is 2.19. The molecule has 0 bridgehead atoms. The summed E-state index contributed by atoms with van der Waals surface area (Å²) in [4.78, 5) is 5.26. The zero-order chi connectivity index (χ0) is 25.1. The molecule has 5 aromatic carbocycles. The Balaban J connectivity index is 1.67. The molecule has 37 heavy (non-hydrogen) atoms. The second kappa shape index (κ2) is 7.14. The van der Waals surface area contributed by atoms with E-state index in [1.165, 1.54) is 33.0 Å². The number of aryl methyl sites for hydroxylation is 2. The van der Waals surface area contributed by atoms with Gasteiger partial charge in [-0.3, -0.25) is 8.97 Å². The number of hydrogen-bond donors (Lipinski definition) is 0.